The van der Waals surface area contributed by atoms with Gasteiger partial charge in [-0.05, 0) is 25.0 Å². The Labute approximate surface area is 132 Å². The van der Waals surface area contributed by atoms with Crippen molar-refractivity contribution in [2.45, 2.75) is 18.9 Å². The Morgan fingerprint density at radius 3 is 2.96 bits per heavy atom. The van der Waals surface area contributed by atoms with Crippen LogP contribution in [-0.2, 0) is 0 Å². The second-order valence-electron chi connectivity index (χ2n) is 5.58. The van der Waals surface area contributed by atoms with Crippen molar-refractivity contribution < 1.29 is 9.72 Å². The molecular weight excluding hydrogens is 298 g/mol. The van der Waals surface area contributed by atoms with E-state index < -0.39 is 4.92 Å². The molecule has 8 nitrogen and oxygen atoms in total. The largest absolute Gasteiger partial charge is 0.336 e. The highest BCUT2D eigenvalue weighted by Crippen LogP contribution is 2.17. The van der Waals surface area contributed by atoms with E-state index in [9.17, 15) is 14.9 Å². The van der Waals surface area contributed by atoms with Crippen LogP contribution in [-0.4, -0.2) is 44.6 Å². The Morgan fingerprint density at radius 1 is 1.39 bits per heavy atom. The molecule has 3 rings (SSSR count). The molecule has 2 N–H and O–H groups in total. The van der Waals surface area contributed by atoms with Gasteiger partial charge in [-0.15, -0.1) is 0 Å². The number of nitro benzene ring substituents is 1. The summed E-state index contributed by atoms with van der Waals surface area (Å²) in [7, 11) is 0. The van der Waals surface area contributed by atoms with Crippen molar-refractivity contribution >= 4 is 11.6 Å². The highest BCUT2D eigenvalue weighted by atomic mass is 16.6. The van der Waals surface area contributed by atoms with Crippen LogP contribution in [0.1, 0.15) is 23.3 Å². The number of likely N-dealkylation sites (tertiary alicyclic amines) is 1. The van der Waals surface area contributed by atoms with Crippen LogP contribution in [0.3, 0.4) is 0 Å². The van der Waals surface area contributed by atoms with Crippen LogP contribution in [0.5, 0.6) is 0 Å². The zero-order chi connectivity index (χ0) is 16.4. The van der Waals surface area contributed by atoms with E-state index in [-0.39, 0.29) is 17.6 Å². The summed E-state index contributed by atoms with van der Waals surface area (Å²) in [6.45, 7) is 1.21. The van der Waals surface area contributed by atoms with Gasteiger partial charge in [-0.2, -0.15) is 5.10 Å². The second-order valence-corrected chi connectivity index (χ2v) is 5.58. The zero-order valence-corrected chi connectivity index (χ0v) is 12.5. The molecule has 23 heavy (non-hydrogen) atoms. The Hall–Kier alpha value is -2.74. The minimum absolute atomic E-state index is 0.00607. The van der Waals surface area contributed by atoms with Crippen LogP contribution in [0, 0.1) is 10.1 Å². The molecule has 0 aliphatic carbocycles. The van der Waals surface area contributed by atoms with E-state index >= 15 is 0 Å². The smallest absolute Gasteiger partial charge is 0.274 e. The van der Waals surface area contributed by atoms with Crippen LogP contribution < -0.4 is 5.73 Å². The molecule has 2 heterocycles. The van der Waals surface area contributed by atoms with Gasteiger partial charge in [0.1, 0.15) is 0 Å². The normalized spacial score (nSPS) is 18.0. The van der Waals surface area contributed by atoms with Gasteiger partial charge in [0.05, 0.1) is 10.6 Å². The Morgan fingerprint density at radius 2 is 2.22 bits per heavy atom. The molecule has 1 fully saturated rings. The van der Waals surface area contributed by atoms with Crippen LogP contribution in [0.2, 0.25) is 0 Å². The number of nitro groups is 1. The monoisotopic (exact) mass is 315 g/mol. The summed E-state index contributed by atoms with van der Waals surface area (Å²) < 4.78 is 1.46. The lowest BCUT2D eigenvalue weighted by molar-refractivity contribution is -0.384. The number of carbonyl (C=O) groups is 1. The van der Waals surface area contributed by atoms with Gasteiger partial charge in [-0.1, -0.05) is 6.07 Å². The lowest BCUT2D eigenvalue weighted by Crippen LogP contribution is -2.45. The molecule has 1 aliphatic rings. The SMILES string of the molecule is NC1CCCN(C(=O)c2ccn(-c3cccc([N+](=O)[O-])c3)n2)C1. The second kappa shape index (κ2) is 6.17. The molecule has 0 radical (unpaired) electrons. The first-order chi connectivity index (χ1) is 11.0. The van der Waals surface area contributed by atoms with Gasteiger partial charge in [-0.25, -0.2) is 4.68 Å². The van der Waals surface area contributed by atoms with Crippen molar-refractivity contribution in [1.82, 2.24) is 14.7 Å². The molecule has 1 aromatic carbocycles. The number of aromatic nitrogens is 2. The van der Waals surface area contributed by atoms with Crippen molar-refractivity contribution in [3.63, 3.8) is 0 Å². The summed E-state index contributed by atoms with van der Waals surface area (Å²) in [5.41, 5.74) is 6.72. The van der Waals surface area contributed by atoms with Gasteiger partial charge in [-0.3, -0.25) is 14.9 Å². The number of hydrogen-bond acceptors (Lipinski definition) is 5. The third-order valence-electron chi connectivity index (χ3n) is 3.86. The molecule has 1 atom stereocenters. The number of non-ortho nitro benzene ring substituents is 1. The van der Waals surface area contributed by atoms with Crippen molar-refractivity contribution in [3.05, 3.63) is 52.3 Å². The molecule has 1 aromatic heterocycles. The molecule has 2 aromatic rings. The number of benzene rings is 1. The molecular formula is C15H17N5O3. The molecule has 0 bridgehead atoms. The first-order valence-corrected chi connectivity index (χ1v) is 7.40. The summed E-state index contributed by atoms with van der Waals surface area (Å²) in [4.78, 5) is 24.5. The third kappa shape index (κ3) is 3.21. The van der Waals surface area contributed by atoms with Crippen LogP contribution >= 0.6 is 0 Å². The minimum Gasteiger partial charge on any atom is -0.336 e. The number of nitrogens with two attached hydrogens (primary N) is 1. The van der Waals surface area contributed by atoms with E-state index in [0.717, 1.165) is 12.8 Å². The first-order valence-electron chi connectivity index (χ1n) is 7.40. The van der Waals surface area contributed by atoms with E-state index in [0.29, 0.717) is 24.5 Å². The molecule has 120 valence electrons. The van der Waals surface area contributed by atoms with Crippen LogP contribution in [0.15, 0.2) is 36.5 Å². The van der Waals surface area contributed by atoms with E-state index in [1.807, 2.05) is 0 Å². The van der Waals surface area contributed by atoms with Gasteiger partial charge in [0, 0.05) is 37.5 Å². The number of rotatable bonds is 3. The molecule has 1 unspecified atom stereocenters. The lowest BCUT2D eigenvalue weighted by Gasteiger charge is -2.30. The molecule has 0 spiro atoms. The van der Waals surface area contributed by atoms with Crippen molar-refractivity contribution in [3.8, 4) is 5.69 Å². The predicted octanol–water partition coefficient (Wildman–Crippen LogP) is 1.34. The maximum atomic E-state index is 12.5. The minimum atomic E-state index is -0.464. The number of amides is 1. The number of carbonyl (C=O) groups excluding carboxylic acids is 1. The fourth-order valence-electron chi connectivity index (χ4n) is 2.69. The highest BCUT2D eigenvalue weighted by Gasteiger charge is 2.24. The van der Waals surface area contributed by atoms with E-state index in [1.165, 1.54) is 16.8 Å². The summed E-state index contributed by atoms with van der Waals surface area (Å²) in [5, 5.41) is 15.1. The van der Waals surface area contributed by atoms with Gasteiger partial charge in [0.15, 0.2) is 5.69 Å². The standard InChI is InChI=1S/C15H17N5O3/c16-11-3-2-7-18(10-11)15(21)14-6-8-19(17-14)12-4-1-5-13(9-12)20(22)23/h1,4-6,8-9,11H,2-3,7,10,16H2. The maximum Gasteiger partial charge on any atom is 0.274 e. The highest BCUT2D eigenvalue weighted by molar-refractivity contribution is 5.92. The van der Waals surface area contributed by atoms with Crippen LogP contribution in [0.25, 0.3) is 5.69 Å². The number of hydrogen-bond donors (Lipinski definition) is 1. The zero-order valence-electron chi connectivity index (χ0n) is 12.5. The van der Waals surface area contributed by atoms with Crippen LogP contribution in [0.4, 0.5) is 5.69 Å². The fourth-order valence-corrected chi connectivity index (χ4v) is 2.69. The fraction of sp³-hybridized carbons (Fsp3) is 0.333. The third-order valence-corrected chi connectivity index (χ3v) is 3.86. The van der Waals surface area contributed by atoms with Gasteiger partial charge < -0.3 is 10.6 Å². The average molecular weight is 315 g/mol. The molecule has 1 aliphatic heterocycles. The Balaban J connectivity index is 1.81. The van der Waals surface area contributed by atoms with Crippen molar-refractivity contribution in [2.24, 2.45) is 5.73 Å². The Bertz CT molecular complexity index is 742. The summed E-state index contributed by atoms with van der Waals surface area (Å²) in [5.74, 6) is -0.163. The predicted molar refractivity (Wildman–Crippen MR) is 83.3 cm³/mol. The summed E-state index contributed by atoms with van der Waals surface area (Å²) in [6.07, 6.45) is 3.43. The average Bonchev–Trinajstić information content (AvgIpc) is 3.04. The van der Waals surface area contributed by atoms with Gasteiger partial charge >= 0.3 is 0 Å². The quantitative estimate of drug-likeness (QED) is 0.679. The molecule has 8 heteroatoms. The summed E-state index contributed by atoms with van der Waals surface area (Å²) in [6, 6.07) is 7.73. The Kier molecular flexibility index (Phi) is 4.07. The topological polar surface area (TPSA) is 107 Å². The van der Waals surface area contributed by atoms with E-state index in [4.69, 9.17) is 5.73 Å². The lowest BCUT2D eigenvalue weighted by atomic mass is 10.1. The van der Waals surface area contributed by atoms with Crippen molar-refractivity contribution in [1.29, 1.82) is 0 Å². The molecule has 1 saturated heterocycles. The van der Waals surface area contributed by atoms with E-state index in [1.54, 1.807) is 29.3 Å². The number of piperidine rings is 1. The summed E-state index contributed by atoms with van der Waals surface area (Å²) >= 11 is 0. The molecule has 1 amide bonds. The van der Waals surface area contributed by atoms with Gasteiger partial charge in [0.25, 0.3) is 11.6 Å². The van der Waals surface area contributed by atoms with E-state index in [2.05, 4.69) is 5.10 Å². The maximum absolute atomic E-state index is 12.5. The van der Waals surface area contributed by atoms with Gasteiger partial charge in [0.2, 0.25) is 0 Å². The van der Waals surface area contributed by atoms with Crippen molar-refractivity contribution in [2.75, 3.05) is 13.1 Å². The number of nitrogens with zero attached hydrogens (tertiary/aromatic N) is 4. The molecule has 0 saturated carbocycles. The first kappa shape index (κ1) is 15.2.